The molecule has 9 heteroatoms. The number of hydrogen-bond acceptors (Lipinski definition) is 6. The summed E-state index contributed by atoms with van der Waals surface area (Å²) in [5.74, 6) is -0.568. The maximum atomic E-state index is 13.0. The number of nitrogens with one attached hydrogen (secondary N) is 2. The molecule has 2 aromatic heterocycles. The van der Waals surface area contributed by atoms with E-state index in [4.69, 9.17) is 0 Å². The maximum absolute atomic E-state index is 13.0. The van der Waals surface area contributed by atoms with Gasteiger partial charge in [-0.25, -0.2) is 4.98 Å². The summed E-state index contributed by atoms with van der Waals surface area (Å²) >= 11 is 0. The Morgan fingerprint density at radius 1 is 1.21 bits per heavy atom. The molecule has 1 unspecified atom stereocenters. The number of anilines is 1. The lowest BCUT2D eigenvalue weighted by atomic mass is 10.0. The molecule has 1 aliphatic heterocycles. The molecule has 0 saturated carbocycles. The SMILES string of the molecule is Cc1ccc(C(CC(=O)O)NC(=O)c2cnn(CCc3ccc4c(n3)NCCC4)c2CO)cc1. The van der Waals surface area contributed by atoms with Crippen molar-refractivity contribution in [1.82, 2.24) is 20.1 Å². The average Bonchev–Trinajstić information content (AvgIpc) is 3.25. The molecule has 4 rings (SSSR count). The Kier molecular flexibility index (Phi) is 7.22. The molecule has 3 heterocycles. The Balaban J connectivity index is 1.47. The minimum absolute atomic E-state index is 0.227. The summed E-state index contributed by atoms with van der Waals surface area (Å²) in [5.41, 5.74) is 4.47. The number of fused-ring (bicyclic) bond motifs is 1. The van der Waals surface area contributed by atoms with Crippen LogP contribution in [-0.2, 0) is 30.8 Å². The van der Waals surface area contributed by atoms with Gasteiger partial charge in [-0.3, -0.25) is 14.3 Å². The van der Waals surface area contributed by atoms with Crippen LogP contribution in [0.2, 0.25) is 0 Å². The minimum Gasteiger partial charge on any atom is -0.481 e. The lowest BCUT2D eigenvalue weighted by Gasteiger charge is -2.18. The smallest absolute Gasteiger partial charge is 0.305 e. The third-order valence-electron chi connectivity index (χ3n) is 6.04. The van der Waals surface area contributed by atoms with Gasteiger partial charge in [0.25, 0.3) is 5.91 Å². The topological polar surface area (TPSA) is 129 Å². The number of aliphatic carboxylic acids is 1. The van der Waals surface area contributed by atoms with E-state index in [-0.39, 0.29) is 18.6 Å². The zero-order valence-electron chi connectivity index (χ0n) is 19.1. The molecule has 9 nitrogen and oxygen atoms in total. The van der Waals surface area contributed by atoms with Gasteiger partial charge in [0.05, 0.1) is 36.5 Å². The molecule has 1 aromatic carbocycles. The number of aliphatic hydroxyl groups is 1. The molecule has 0 fully saturated rings. The van der Waals surface area contributed by atoms with Crippen LogP contribution in [0.3, 0.4) is 0 Å². The fourth-order valence-electron chi connectivity index (χ4n) is 4.15. The van der Waals surface area contributed by atoms with Gasteiger partial charge < -0.3 is 20.8 Å². The molecule has 0 radical (unpaired) electrons. The van der Waals surface area contributed by atoms with Crippen LogP contribution in [-0.4, -0.2) is 43.4 Å². The first-order chi connectivity index (χ1) is 16.4. The summed E-state index contributed by atoms with van der Waals surface area (Å²) in [6.45, 7) is 2.94. The van der Waals surface area contributed by atoms with Crippen molar-refractivity contribution in [1.29, 1.82) is 0 Å². The highest BCUT2D eigenvalue weighted by Gasteiger charge is 2.23. The van der Waals surface area contributed by atoms with Crippen LogP contribution >= 0.6 is 0 Å². The second-order valence-corrected chi connectivity index (χ2v) is 8.51. The van der Waals surface area contributed by atoms with Crippen molar-refractivity contribution >= 4 is 17.7 Å². The van der Waals surface area contributed by atoms with Crippen LogP contribution in [0.4, 0.5) is 5.82 Å². The van der Waals surface area contributed by atoms with Gasteiger partial charge in [0.15, 0.2) is 0 Å². The van der Waals surface area contributed by atoms with E-state index in [2.05, 4.69) is 26.8 Å². The normalized spacial score (nSPS) is 13.6. The van der Waals surface area contributed by atoms with Crippen LogP contribution in [0.1, 0.15) is 57.3 Å². The Morgan fingerprint density at radius 3 is 2.74 bits per heavy atom. The van der Waals surface area contributed by atoms with Crippen molar-refractivity contribution in [2.45, 2.75) is 51.8 Å². The van der Waals surface area contributed by atoms with Gasteiger partial charge in [-0.2, -0.15) is 5.10 Å². The van der Waals surface area contributed by atoms with Crippen molar-refractivity contribution in [3.05, 3.63) is 76.2 Å². The van der Waals surface area contributed by atoms with Crippen molar-refractivity contribution in [2.24, 2.45) is 0 Å². The number of carbonyl (C=O) groups is 2. The number of aromatic nitrogens is 3. The van der Waals surface area contributed by atoms with Crippen molar-refractivity contribution in [3.63, 3.8) is 0 Å². The second-order valence-electron chi connectivity index (χ2n) is 8.51. The highest BCUT2D eigenvalue weighted by Crippen LogP contribution is 2.21. The lowest BCUT2D eigenvalue weighted by Crippen LogP contribution is -2.30. The van der Waals surface area contributed by atoms with Gasteiger partial charge in [0.2, 0.25) is 0 Å². The summed E-state index contributed by atoms with van der Waals surface area (Å²) in [7, 11) is 0. The number of amides is 1. The zero-order valence-corrected chi connectivity index (χ0v) is 19.1. The van der Waals surface area contributed by atoms with Gasteiger partial charge in [-0.05, 0) is 37.0 Å². The molecule has 1 amide bonds. The number of benzene rings is 1. The van der Waals surface area contributed by atoms with Gasteiger partial charge in [0.1, 0.15) is 5.82 Å². The number of nitrogens with zero attached hydrogens (tertiary/aromatic N) is 3. The number of carboxylic acids is 1. The number of hydrogen-bond donors (Lipinski definition) is 4. The van der Waals surface area contributed by atoms with Crippen LogP contribution in [0.15, 0.2) is 42.6 Å². The van der Waals surface area contributed by atoms with Gasteiger partial charge in [-0.1, -0.05) is 35.9 Å². The number of aryl methyl sites for hydroxylation is 4. The molecule has 4 N–H and O–H groups in total. The number of carboxylic acid groups (broad SMARTS) is 1. The number of rotatable bonds is 9. The number of aliphatic hydroxyl groups excluding tert-OH is 1. The van der Waals surface area contributed by atoms with Gasteiger partial charge in [-0.15, -0.1) is 0 Å². The first-order valence-corrected chi connectivity index (χ1v) is 11.4. The molecule has 34 heavy (non-hydrogen) atoms. The summed E-state index contributed by atoms with van der Waals surface area (Å²) in [6, 6.07) is 10.7. The molecular weight excluding hydrogens is 434 g/mol. The van der Waals surface area contributed by atoms with Crippen LogP contribution < -0.4 is 10.6 Å². The largest absolute Gasteiger partial charge is 0.481 e. The van der Waals surface area contributed by atoms with Crippen molar-refractivity contribution in [3.8, 4) is 0 Å². The molecule has 0 bridgehead atoms. The molecule has 0 aliphatic carbocycles. The highest BCUT2D eigenvalue weighted by molar-refractivity contribution is 5.95. The Bertz CT molecular complexity index is 1170. The fourth-order valence-corrected chi connectivity index (χ4v) is 4.15. The molecular formula is C25H29N5O4. The molecule has 178 valence electrons. The molecule has 1 aliphatic rings. The third-order valence-corrected chi connectivity index (χ3v) is 6.04. The van der Waals surface area contributed by atoms with Crippen molar-refractivity contribution in [2.75, 3.05) is 11.9 Å². The minimum atomic E-state index is -1.02. The monoisotopic (exact) mass is 463 g/mol. The summed E-state index contributed by atoms with van der Waals surface area (Å²) in [4.78, 5) is 29.1. The average molecular weight is 464 g/mol. The quantitative estimate of drug-likeness (QED) is 0.384. The lowest BCUT2D eigenvalue weighted by molar-refractivity contribution is -0.137. The molecule has 3 aromatic rings. The Hall–Kier alpha value is -3.72. The van der Waals surface area contributed by atoms with E-state index in [0.29, 0.717) is 24.2 Å². The molecule has 0 saturated heterocycles. The van der Waals surface area contributed by atoms with Gasteiger partial charge >= 0.3 is 5.97 Å². The standard InChI is InChI=1S/C25H29N5O4/c1-16-4-6-17(7-5-16)21(13-23(32)33)29-25(34)20-14-27-30(22(20)15-31)12-10-19-9-8-18-3-2-11-26-24(18)28-19/h4-9,14,21,31H,2-3,10-13,15H2,1H3,(H,26,28)(H,29,34)(H,32,33). The number of carbonyl (C=O) groups excluding carboxylic acids is 1. The first-order valence-electron chi connectivity index (χ1n) is 11.4. The van der Waals surface area contributed by atoms with Gasteiger partial charge in [0, 0.05) is 25.2 Å². The summed E-state index contributed by atoms with van der Waals surface area (Å²) < 4.78 is 1.60. The first kappa shape index (κ1) is 23.4. The summed E-state index contributed by atoms with van der Waals surface area (Å²) in [6.07, 6.45) is 3.87. The highest BCUT2D eigenvalue weighted by atomic mass is 16.4. The molecule has 0 spiro atoms. The zero-order chi connectivity index (χ0) is 24.1. The van der Waals surface area contributed by atoms with Crippen LogP contribution in [0, 0.1) is 6.92 Å². The van der Waals surface area contributed by atoms with E-state index >= 15 is 0 Å². The maximum Gasteiger partial charge on any atom is 0.305 e. The van der Waals surface area contributed by atoms with Crippen LogP contribution in [0.5, 0.6) is 0 Å². The van der Waals surface area contributed by atoms with E-state index in [1.807, 2.05) is 25.1 Å². The van der Waals surface area contributed by atoms with Crippen molar-refractivity contribution < 1.29 is 19.8 Å². The fraction of sp³-hybridized carbons (Fsp3) is 0.360. The van der Waals surface area contributed by atoms with E-state index < -0.39 is 17.9 Å². The molecule has 1 atom stereocenters. The van der Waals surface area contributed by atoms with E-state index in [9.17, 15) is 19.8 Å². The Morgan fingerprint density at radius 2 is 2.00 bits per heavy atom. The van der Waals surface area contributed by atoms with E-state index in [1.165, 1.54) is 11.8 Å². The van der Waals surface area contributed by atoms with Crippen LogP contribution in [0.25, 0.3) is 0 Å². The third kappa shape index (κ3) is 5.43. The Labute approximate surface area is 197 Å². The second kappa shape index (κ2) is 10.5. The van der Waals surface area contributed by atoms with E-state index in [0.717, 1.165) is 36.5 Å². The summed E-state index contributed by atoms with van der Waals surface area (Å²) in [5, 5.41) is 29.7. The van der Waals surface area contributed by atoms with E-state index in [1.54, 1.807) is 16.8 Å². The predicted octanol–water partition coefficient (Wildman–Crippen LogP) is 2.63. The predicted molar refractivity (Wildman–Crippen MR) is 127 cm³/mol. The number of pyridine rings is 1.